The average Bonchev–Trinajstić information content (AvgIpc) is 3.24. The summed E-state index contributed by atoms with van der Waals surface area (Å²) in [5.74, 6) is 0.861. The van der Waals surface area contributed by atoms with Gasteiger partial charge in [-0.1, -0.05) is 12.1 Å². The van der Waals surface area contributed by atoms with Crippen LogP contribution in [0.15, 0.2) is 35.8 Å². The molecule has 0 radical (unpaired) electrons. The Morgan fingerprint density at radius 3 is 3.26 bits per heavy atom. The van der Waals surface area contributed by atoms with Gasteiger partial charge in [0, 0.05) is 24.0 Å². The molecule has 118 valence electrons. The van der Waals surface area contributed by atoms with Crippen LogP contribution in [0.5, 0.6) is 5.75 Å². The van der Waals surface area contributed by atoms with E-state index in [-0.39, 0.29) is 0 Å². The second-order valence-electron chi connectivity index (χ2n) is 5.69. The molecule has 0 amide bonds. The standard InChI is InChI=1S/C17H18N4OS/c1-22-14-4-2-3-12(7-14)16-11-23-17(19-16)10-21-6-5-13-8-18-20-15(13)9-21/h2-4,7-8,11H,5-6,9-10H2,1H3,(H,18,20). The minimum Gasteiger partial charge on any atom is -0.497 e. The molecule has 1 aliphatic rings. The van der Waals surface area contributed by atoms with Gasteiger partial charge < -0.3 is 4.74 Å². The van der Waals surface area contributed by atoms with Gasteiger partial charge in [0.15, 0.2) is 0 Å². The molecule has 3 heterocycles. The van der Waals surface area contributed by atoms with Crippen LogP contribution in [0.1, 0.15) is 16.3 Å². The van der Waals surface area contributed by atoms with Gasteiger partial charge in [-0.25, -0.2) is 4.98 Å². The zero-order valence-corrected chi connectivity index (χ0v) is 13.8. The third kappa shape index (κ3) is 3.00. The zero-order valence-electron chi connectivity index (χ0n) is 13.0. The van der Waals surface area contributed by atoms with Crippen molar-refractivity contribution in [3.8, 4) is 17.0 Å². The molecule has 3 aromatic rings. The first kappa shape index (κ1) is 14.4. The molecular weight excluding hydrogens is 308 g/mol. The summed E-state index contributed by atoms with van der Waals surface area (Å²) in [4.78, 5) is 7.20. The average molecular weight is 326 g/mol. The second-order valence-corrected chi connectivity index (χ2v) is 6.64. The summed E-state index contributed by atoms with van der Waals surface area (Å²) in [6.07, 6.45) is 3.00. The minimum absolute atomic E-state index is 0.861. The highest BCUT2D eigenvalue weighted by atomic mass is 32.1. The lowest BCUT2D eigenvalue weighted by atomic mass is 10.1. The van der Waals surface area contributed by atoms with Crippen LogP contribution in [0.3, 0.4) is 0 Å². The molecule has 0 bridgehead atoms. The van der Waals surface area contributed by atoms with Crippen molar-refractivity contribution in [2.45, 2.75) is 19.5 Å². The van der Waals surface area contributed by atoms with Crippen molar-refractivity contribution in [1.82, 2.24) is 20.1 Å². The number of thiazole rings is 1. The van der Waals surface area contributed by atoms with E-state index in [9.17, 15) is 0 Å². The van der Waals surface area contributed by atoms with Crippen molar-refractivity contribution in [1.29, 1.82) is 0 Å². The molecule has 4 rings (SSSR count). The number of aromatic nitrogens is 3. The molecule has 1 aromatic carbocycles. The van der Waals surface area contributed by atoms with Gasteiger partial charge in [-0.05, 0) is 24.1 Å². The molecule has 1 aliphatic heterocycles. The van der Waals surface area contributed by atoms with Gasteiger partial charge in [-0.2, -0.15) is 5.10 Å². The molecule has 23 heavy (non-hydrogen) atoms. The van der Waals surface area contributed by atoms with Crippen LogP contribution in [0, 0.1) is 0 Å². The van der Waals surface area contributed by atoms with Crippen LogP contribution in [0.25, 0.3) is 11.3 Å². The summed E-state index contributed by atoms with van der Waals surface area (Å²) in [5, 5.41) is 10.5. The summed E-state index contributed by atoms with van der Waals surface area (Å²) in [5.41, 5.74) is 4.70. The van der Waals surface area contributed by atoms with E-state index in [4.69, 9.17) is 9.72 Å². The number of hydrogen-bond donors (Lipinski definition) is 1. The number of fused-ring (bicyclic) bond motifs is 1. The number of nitrogens with one attached hydrogen (secondary N) is 1. The molecule has 0 fully saturated rings. The Balaban J connectivity index is 1.48. The number of methoxy groups -OCH3 is 1. The summed E-state index contributed by atoms with van der Waals surface area (Å²) in [7, 11) is 1.69. The third-order valence-electron chi connectivity index (χ3n) is 4.16. The van der Waals surface area contributed by atoms with Crippen molar-refractivity contribution in [2.75, 3.05) is 13.7 Å². The fourth-order valence-electron chi connectivity index (χ4n) is 2.90. The maximum absolute atomic E-state index is 5.29. The molecule has 6 heteroatoms. The molecule has 0 spiro atoms. The molecule has 0 atom stereocenters. The Hall–Kier alpha value is -2.18. The first-order valence-corrected chi connectivity index (χ1v) is 8.52. The van der Waals surface area contributed by atoms with Gasteiger partial charge in [-0.15, -0.1) is 11.3 Å². The van der Waals surface area contributed by atoms with Crippen molar-refractivity contribution in [2.24, 2.45) is 0 Å². The van der Waals surface area contributed by atoms with Crippen molar-refractivity contribution in [3.05, 3.63) is 52.1 Å². The molecule has 0 aliphatic carbocycles. The van der Waals surface area contributed by atoms with E-state index >= 15 is 0 Å². The molecule has 0 unspecified atom stereocenters. The zero-order chi connectivity index (χ0) is 15.6. The normalized spacial score (nSPS) is 14.7. The summed E-state index contributed by atoms with van der Waals surface area (Å²) in [6.45, 7) is 2.86. The molecule has 1 N–H and O–H groups in total. The van der Waals surface area contributed by atoms with E-state index in [1.54, 1.807) is 18.4 Å². The first-order chi connectivity index (χ1) is 11.3. The number of ether oxygens (including phenoxy) is 1. The van der Waals surface area contributed by atoms with Gasteiger partial charge in [0.2, 0.25) is 0 Å². The third-order valence-corrected chi connectivity index (χ3v) is 5.00. The Morgan fingerprint density at radius 1 is 1.39 bits per heavy atom. The number of rotatable bonds is 4. The lowest BCUT2D eigenvalue weighted by Crippen LogP contribution is -2.29. The number of hydrogen-bond acceptors (Lipinski definition) is 5. The molecule has 2 aromatic heterocycles. The minimum atomic E-state index is 0.861. The lowest BCUT2D eigenvalue weighted by molar-refractivity contribution is 0.242. The van der Waals surface area contributed by atoms with Gasteiger partial charge in [0.25, 0.3) is 0 Å². The summed E-state index contributed by atoms with van der Waals surface area (Å²) in [6, 6.07) is 8.04. The highest BCUT2D eigenvalue weighted by molar-refractivity contribution is 7.09. The summed E-state index contributed by atoms with van der Waals surface area (Å²) >= 11 is 1.72. The fraction of sp³-hybridized carbons (Fsp3) is 0.294. The Morgan fingerprint density at radius 2 is 2.35 bits per heavy atom. The van der Waals surface area contributed by atoms with Crippen LogP contribution >= 0.6 is 11.3 Å². The monoisotopic (exact) mass is 326 g/mol. The largest absolute Gasteiger partial charge is 0.497 e. The van der Waals surface area contributed by atoms with Crippen LogP contribution in [-0.4, -0.2) is 33.7 Å². The second kappa shape index (κ2) is 6.14. The van der Waals surface area contributed by atoms with E-state index in [1.165, 1.54) is 11.3 Å². The molecule has 0 saturated carbocycles. The predicted molar refractivity (Wildman–Crippen MR) is 90.5 cm³/mol. The van der Waals surface area contributed by atoms with Crippen molar-refractivity contribution in [3.63, 3.8) is 0 Å². The van der Waals surface area contributed by atoms with Crippen LogP contribution in [-0.2, 0) is 19.5 Å². The van der Waals surface area contributed by atoms with E-state index in [0.717, 1.165) is 48.1 Å². The van der Waals surface area contributed by atoms with Crippen LogP contribution in [0.4, 0.5) is 0 Å². The SMILES string of the molecule is COc1cccc(-c2csc(CN3CCc4cn[nH]c4C3)n2)c1. The smallest absolute Gasteiger partial charge is 0.119 e. The van der Waals surface area contributed by atoms with E-state index in [0.29, 0.717) is 0 Å². The molecule has 0 saturated heterocycles. The first-order valence-electron chi connectivity index (χ1n) is 7.64. The molecular formula is C17H18N4OS. The van der Waals surface area contributed by atoms with E-state index in [1.807, 2.05) is 24.4 Å². The maximum Gasteiger partial charge on any atom is 0.119 e. The number of nitrogens with zero attached hydrogens (tertiary/aromatic N) is 3. The van der Waals surface area contributed by atoms with Crippen molar-refractivity contribution >= 4 is 11.3 Å². The highest BCUT2D eigenvalue weighted by Crippen LogP contribution is 2.26. The lowest BCUT2D eigenvalue weighted by Gasteiger charge is -2.25. The van der Waals surface area contributed by atoms with E-state index < -0.39 is 0 Å². The topological polar surface area (TPSA) is 54.0 Å². The molecule has 5 nitrogen and oxygen atoms in total. The predicted octanol–water partition coefficient (Wildman–Crippen LogP) is 3.10. The summed E-state index contributed by atoms with van der Waals surface area (Å²) < 4.78 is 5.29. The Bertz CT molecular complexity index is 810. The Kier molecular flexibility index (Phi) is 3.85. The van der Waals surface area contributed by atoms with Gasteiger partial charge in [0.1, 0.15) is 10.8 Å². The van der Waals surface area contributed by atoms with Crippen LogP contribution < -0.4 is 4.74 Å². The van der Waals surface area contributed by atoms with Gasteiger partial charge in [0.05, 0.1) is 31.2 Å². The van der Waals surface area contributed by atoms with Crippen molar-refractivity contribution < 1.29 is 4.74 Å². The highest BCUT2D eigenvalue weighted by Gasteiger charge is 2.19. The number of H-pyrrole nitrogens is 1. The van der Waals surface area contributed by atoms with Crippen LogP contribution in [0.2, 0.25) is 0 Å². The number of benzene rings is 1. The number of aromatic amines is 1. The maximum atomic E-state index is 5.29. The van der Waals surface area contributed by atoms with Gasteiger partial charge >= 0.3 is 0 Å². The quantitative estimate of drug-likeness (QED) is 0.800. The van der Waals surface area contributed by atoms with Gasteiger partial charge in [-0.3, -0.25) is 10.00 Å². The Labute approximate surface area is 138 Å². The van der Waals surface area contributed by atoms with E-state index in [2.05, 4.69) is 26.5 Å². The fourth-order valence-corrected chi connectivity index (χ4v) is 3.74.